The van der Waals surface area contributed by atoms with Crippen LogP contribution in [0.4, 0.5) is 0 Å². The van der Waals surface area contributed by atoms with Gasteiger partial charge in [0.1, 0.15) is 0 Å². The number of methoxy groups -OCH3 is 1. The van der Waals surface area contributed by atoms with Gasteiger partial charge in [-0.1, -0.05) is 15.9 Å². The van der Waals surface area contributed by atoms with Crippen LogP contribution in [0, 0.1) is 5.41 Å². The van der Waals surface area contributed by atoms with E-state index < -0.39 is 0 Å². The molecule has 0 heterocycles. The molecule has 0 amide bonds. The van der Waals surface area contributed by atoms with E-state index >= 15 is 0 Å². The first-order valence-electron chi connectivity index (χ1n) is 4.65. The molecule has 1 aliphatic carbocycles. The highest BCUT2D eigenvalue weighted by Crippen LogP contribution is 2.51. The van der Waals surface area contributed by atoms with Gasteiger partial charge in [0.2, 0.25) is 0 Å². The molecular formula is C10H19BrO. The van der Waals surface area contributed by atoms with Gasteiger partial charge in [-0.05, 0) is 44.9 Å². The summed E-state index contributed by atoms with van der Waals surface area (Å²) in [5, 5.41) is 1.17. The molecule has 12 heavy (non-hydrogen) atoms. The maximum atomic E-state index is 5.39. The Kier molecular flexibility index (Phi) is 3.21. The molecule has 0 atom stereocenters. The Morgan fingerprint density at radius 3 is 2.33 bits per heavy atom. The minimum atomic E-state index is 0.0672. The van der Waals surface area contributed by atoms with Crippen LogP contribution in [-0.2, 0) is 4.74 Å². The van der Waals surface area contributed by atoms with Crippen molar-refractivity contribution < 1.29 is 4.74 Å². The maximum absolute atomic E-state index is 5.39. The number of rotatable bonds is 5. The molecule has 1 aliphatic rings. The van der Waals surface area contributed by atoms with E-state index in [2.05, 4.69) is 29.8 Å². The first-order valence-corrected chi connectivity index (χ1v) is 5.77. The number of hydrogen-bond acceptors (Lipinski definition) is 1. The van der Waals surface area contributed by atoms with Crippen LogP contribution >= 0.6 is 15.9 Å². The van der Waals surface area contributed by atoms with Crippen LogP contribution in [0.15, 0.2) is 0 Å². The van der Waals surface area contributed by atoms with Crippen molar-refractivity contribution in [1.82, 2.24) is 0 Å². The number of ether oxygens (including phenoxy) is 1. The van der Waals surface area contributed by atoms with Gasteiger partial charge in [-0.3, -0.25) is 0 Å². The average Bonchev–Trinajstić information content (AvgIpc) is 2.82. The summed E-state index contributed by atoms with van der Waals surface area (Å²) in [5.41, 5.74) is 0.702. The third-order valence-corrected chi connectivity index (χ3v) is 4.24. The highest BCUT2D eigenvalue weighted by molar-refractivity contribution is 9.09. The quantitative estimate of drug-likeness (QED) is 0.664. The van der Waals surface area contributed by atoms with Crippen LogP contribution in [0.3, 0.4) is 0 Å². The Hall–Kier alpha value is 0.440. The SMILES string of the molecule is COC(C)(C)CCC1(CBr)CC1. The van der Waals surface area contributed by atoms with Crippen molar-refractivity contribution in [2.45, 2.75) is 45.1 Å². The van der Waals surface area contributed by atoms with Crippen LogP contribution in [0.1, 0.15) is 39.5 Å². The highest BCUT2D eigenvalue weighted by atomic mass is 79.9. The second-order valence-corrected chi connectivity index (χ2v) is 5.16. The minimum absolute atomic E-state index is 0.0672. The summed E-state index contributed by atoms with van der Waals surface area (Å²) in [6.45, 7) is 4.33. The zero-order valence-corrected chi connectivity index (χ0v) is 9.91. The van der Waals surface area contributed by atoms with Gasteiger partial charge in [0.05, 0.1) is 5.60 Å². The zero-order valence-electron chi connectivity index (χ0n) is 8.32. The zero-order chi connectivity index (χ0) is 9.24. The van der Waals surface area contributed by atoms with E-state index in [1.165, 1.54) is 31.0 Å². The molecule has 1 saturated carbocycles. The van der Waals surface area contributed by atoms with Crippen molar-refractivity contribution in [1.29, 1.82) is 0 Å². The predicted molar refractivity (Wildman–Crippen MR) is 55.8 cm³/mol. The molecule has 1 nitrogen and oxygen atoms in total. The van der Waals surface area contributed by atoms with E-state index in [1.54, 1.807) is 7.11 Å². The molecule has 0 aromatic heterocycles. The Labute approximate surface area is 84.0 Å². The van der Waals surface area contributed by atoms with Crippen molar-refractivity contribution in [2.24, 2.45) is 5.41 Å². The normalized spacial score (nSPS) is 21.0. The first kappa shape index (κ1) is 10.5. The molecule has 0 bridgehead atoms. The van der Waals surface area contributed by atoms with Gasteiger partial charge in [-0.15, -0.1) is 0 Å². The van der Waals surface area contributed by atoms with Gasteiger partial charge in [0.15, 0.2) is 0 Å². The summed E-state index contributed by atoms with van der Waals surface area (Å²) in [6, 6.07) is 0. The smallest absolute Gasteiger partial charge is 0.0623 e. The largest absolute Gasteiger partial charge is 0.379 e. The fourth-order valence-electron chi connectivity index (χ4n) is 1.30. The summed E-state index contributed by atoms with van der Waals surface area (Å²) in [6.07, 6.45) is 5.28. The molecule has 0 unspecified atom stereocenters. The molecule has 2 heteroatoms. The minimum Gasteiger partial charge on any atom is -0.379 e. The van der Waals surface area contributed by atoms with Gasteiger partial charge in [-0.25, -0.2) is 0 Å². The van der Waals surface area contributed by atoms with Crippen LogP contribution in [0.25, 0.3) is 0 Å². The molecule has 1 fully saturated rings. The van der Waals surface area contributed by atoms with E-state index in [-0.39, 0.29) is 5.60 Å². The lowest BCUT2D eigenvalue weighted by Gasteiger charge is -2.25. The lowest BCUT2D eigenvalue weighted by Crippen LogP contribution is -2.23. The first-order chi connectivity index (χ1) is 5.54. The Morgan fingerprint density at radius 1 is 1.42 bits per heavy atom. The van der Waals surface area contributed by atoms with Crippen molar-refractivity contribution in [3.05, 3.63) is 0 Å². The van der Waals surface area contributed by atoms with Gasteiger partial charge in [-0.2, -0.15) is 0 Å². The van der Waals surface area contributed by atoms with Crippen LogP contribution in [0.2, 0.25) is 0 Å². The van der Waals surface area contributed by atoms with Gasteiger partial charge < -0.3 is 4.74 Å². The van der Waals surface area contributed by atoms with Crippen molar-refractivity contribution in [2.75, 3.05) is 12.4 Å². The Balaban J connectivity index is 2.25. The summed E-state index contributed by atoms with van der Waals surface area (Å²) in [7, 11) is 1.80. The van der Waals surface area contributed by atoms with Crippen LogP contribution < -0.4 is 0 Å². The molecule has 0 spiro atoms. The molecular weight excluding hydrogens is 216 g/mol. The lowest BCUT2D eigenvalue weighted by atomic mass is 9.94. The fourth-order valence-corrected chi connectivity index (χ4v) is 2.14. The Bertz CT molecular complexity index is 144. The monoisotopic (exact) mass is 234 g/mol. The van der Waals surface area contributed by atoms with E-state index in [1.807, 2.05) is 0 Å². The average molecular weight is 235 g/mol. The third-order valence-electron chi connectivity index (χ3n) is 3.05. The molecule has 0 saturated heterocycles. The molecule has 0 radical (unpaired) electrons. The van der Waals surface area contributed by atoms with Gasteiger partial charge >= 0.3 is 0 Å². The van der Waals surface area contributed by atoms with Gasteiger partial charge in [0, 0.05) is 12.4 Å². The third kappa shape index (κ3) is 2.74. The van der Waals surface area contributed by atoms with Crippen molar-refractivity contribution in [3.63, 3.8) is 0 Å². The molecule has 1 rings (SSSR count). The number of alkyl halides is 1. The number of hydrogen-bond donors (Lipinski definition) is 0. The van der Waals surface area contributed by atoms with Crippen LogP contribution in [0.5, 0.6) is 0 Å². The second-order valence-electron chi connectivity index (χ2n) is 4.60. The predicted octanol–water partition coefficient (Wildman–Crippen LogP) is 3.37. The fraction of sp³-hybridized carbons (Fsp3) is 1.00. The summed E-state index contributed by atoms with van der Waals surface area (Å²) >= 11 is 3.58. The summed E-state index contributed by atoms with van der Waals surface area (Å²) in [5.74, 6) is 0. The Morgan fingerprint density at radius 2 is 2.00 bits per heavy atom. The van der Waals surface area contributed by atoms with Crippen molar-refractivity contribution >= 4 is 15.9 Å². The molecule has 0 N–H and O–H groups in total. The molecule has 0 aliphatic heterocycles. The second kappa shape index (κ2) is 3.67. The lowest BCUT2D eigenvalue weighted by molar-refractivity contribution is 0.0101. The van der Waals surface area contributed by atoms with Crippen molar-refractivity contribution in [3.8, 4) is 0 Å². The highest BCUT2D eigenvalue weighted by Gasteiger charge is 2.41. The molecule has 0 aromatic carbocycles. The van der Waals surface area contributed by atoms with E-state index in [0.717, 1.165) is 0 Å². The number of halogens is 1. The molecule has 0 aromatic rings. The summed E-state index contributed by atoms with van der Waals surface area (Å²) < 4.78 is 5.39. The van der Waals surface area contributed by atoms with E-state index in [4.69, 9.17) is 4.74 Å². The van der Waals surface area contributed by atoms with Gasteiger partial charge in [0.25, 0.3) is 0 Å². The van der Waals surface area contributed by atoms with E-state index in [9.17, 15) is 0 Å². The van der Waals surface area contributed by atoms with Crippen LogP contribution in [-0.4, -0.2) is 18.0 Å². The molecule has 72 valence electrons. The topological polar surface area (TPSA) is 9.23 Å². The van der Waals surface area contributed by atoms with E-state index in [0.29, 0.717) is 5.41 Å². The maximum Gasteiger partial charge on any atom is 0.0623 e. The standard InChI is InChI=1S/C10H19BrO/c1-9(2,12-3)4-5-10(8-11)6-7-10/h4-8H2,1-3H3. The summed E-state index contributed by atoms with van der Waals surface area (Å²) in [4.78, 5) is 0.